The number of amides is 1. The Balaban J connectivity index is 2.25. The van der Waals surface area contributed by atoms with Crippen molar-refractivity contribution in [3.05, 3.63) is 34.9 Å². The summed E-state index contributed by atoms with van der Waals surface area (Å²) in [5.41, 5.74) is 0.247. The van der Waals surface area contributed by atoms with Crippen molar-refractivity contribution in [3.63, 3.8) is 0 Å². The van der Waals surface area contributed by atoms with Crippen molar-refractivity contribution in [1.29, 1.82) is 0 Å². The third-order valence-electron chi connectivity index (χ3n) is 4.76. The molecule has 1 aromatic rings. The lowest BCUT2D eigenvalue weighted by Gasteiger charge is -2.40. The van der Waals surface area contributed by atoms with Gasteiger partial charge in [-0.15, -0.1) is 0 Å². The van der Waals surface area contributed by atoms with Crippen molar-refractivity contribution < 1.29 is 22.7 Å². The highest BCUT2D eigenvalue weighted by atomic mass is 19.4. The summed E-state index contributed by atoms with van der Waals surface area (Å²) in [5.74, 6) is 0.317. The molecule has 0 atom stereocenters. The molecule has 0 saturated carbocycles. The predicted molar refractivity (Wildman–Crippen MR) is 92.6 cm³/mol. The molecule has 1 saturated heterocycles. The SMILES string of the molecule is CN(C)CC1=C(N2CCCC2=O)c2cc(C(F)(F)F)ccc2OC1(C)C. The molecule has 2 aliphatic heterocycles. The Morgan fingerprint density at radius 3 is 2.50 bits per heavy atom. The first-order chi connectivity index (χ1) is 12.0. The summed E-state index contributed by atoms with van der Waals surface area (Å²) in [5, 5.41) is 0. The number of halogens is 3. The summed E-state index contributed by atoms with van der Waals surface area (Å²) >= 11 is 0. The summed E-state index contributed by atoms with van der Waals surface area (Å²) < 4.78 is 45.8. The van der Waals surface area contributed by atoms with Crippen LogP contribution >= 0.6 is 0 Å². The molecule has 1 aromatic carbocycles. The number of ether oxygens (including phenoxy) is 1. The van der Waals surface area contributed by atoms with Crippen LogP contribution < -0.4 is 4.74 Å². The highest BCUT2D eigenvalue weighted by Crippen LogP contribution is 2.45. The van der Waals surface area contributed by atoms with E-state index in [9.17, 15) is 18.0 Å². The smallest absolute Gasteiger partial charge is 0.416 e. The van der Waals surface area contributed by atoms with Crippen LogP contribution in [0.5, 0.6) is 5.75 Å². The van der Waals surface area contributed by atoms with E-state index in [0.717, 1.165) is 17.7 Å². The molecule has 2 aliphatic rings. The Morgan fingerprint density at radius 2 is 1.96 bits per heavy atom. The summed E-state index contributed by atoms with van der Waals surface area (Å²) in [7, 11) is 3.77. The molecule has 142 valence electrons. The lowest BCUT2D eigenvalue weighted by molar-refractivity contribution is -0.137. The Kier molecular flexibility index (Phi) is 4.55. The van der Waals surface area contributed by atoms with E-state index in [1.807, 2.05) is 32.8 Å². The lowest BCUT2D eigenvalue weighted by atomic mass is 9.87. The monoisotopic (exact) mass is 368 g/mol. The van der Waals surface area contributed by atoms with E-state index in [-0.39, 0.29) is 5.91 Å². The van der Waals surface area contributed by atoms with Gasteiger partial charge in [0, 0.05) is 30.6 Å². The molecule has 4 nitrogen and oxygen atoms in total. The highest BCUT2D eigenvalue weighted by Gasteiger charge is 2.41. The van der Waals surface area contributed by atoms with E-state index in [1.165, 1.54) is 6.07 Å². The second-order valence-corrected chi connectivity index (χ2v) is 7.53. The van der Waals surface area contributed by atoms with Gasteiger partial charge in [-0.25, -0.2) is 0 Å². The molecule has 0 aliphatic carbocycles. The van der Waals surface area contributed by atoms with Gasteiger partial charge in [-0.1, -0.05) is 0 Å². The summed E-state index contributed by atoms with van der Waals surface area (Å²) in [6, 6.07) is 3.48. The first kappa shape index (κ1) is 18.8. The highest BCUT2D eigenvalue weighted by molar-refractivity contribution is 5.91. The first-order valence-electron chi connectivity index (χ1n) is 8.60. The number of likely N-dealkylation sites (tertiary alicyclic amines) is 1. The van der Waals surface area contributed by atoms with Crippen LogP contribution in [-0.2, 0) is 11.0 Å². The molecule has 0 N–H and O–H groups in total. The minimum absolute atomic E-state index is 0.0580. The Hall–Kier alpha value is -2.02. The van der Waals surface area contributed by atoms with Crippen LogP contribution in [-0.4, -0.2) is 48.5 Å². The van der Waals surface area contributed by atoms with Gasteiger partial charge >= 0.3 is 6.18 Å². The normalized spacial score (nSPS) is 19.8. The van der Waals surface area contributed by atoms with Gasteiger partial charge in [0.05, 0.1) is 11.3 Å². The van der Waals surface area contributed by atoms with Crippen molar-refractivity contribution in [2.75, 3.05) is 27.2 Å². The molecule has 0 spiro atoms. The average molecular weight is 368 g/mol. The number of carbonyl (C=O) groups excluding carboxylic acids is 1. The van der Waals surface area contributed by atoms with Crippen LogP contribution in [0.25, 0.3) is 5.70 Å². The standard InChI is InChI=1S/C19H23F3N2O2/c1-18(2)14(11-23(3)4)17(24-9-5-6-16(24)25)13-10-12(19(20,21)22)7-8-15(13)26-18/h7-8,10H,5-6,9,11H2,1-4H3. The van der Waals surface area contributed by atoms with Crippen molar-refractivity contribution in [3.8, 4) is 5.75 Å². The number of alkyl halides is 3. The summed E-state index contributed by atoms with van der Waals surface area (Å²) in [6.07, 6.45) is -3.34. The third kappa shape index (κ3) is 3.32. The van der Waals surface area contributed by atoms with E-state index in [0.29, 0.717) is 42.9 Å². The molecule has 2 heterocycles. The van der Waals surface area contributed by atoms with E-state index < -0.39 is 17.3 Å². The minimum atomic E-state index is -4.45. The number of nitrogens with zero attached hydrogens (tertiary/aromatic N) is 2. The Morgan fingerprint density at radius 1 is 1.27 bits per heavy atom. The average Bonchev–Trinajstić information content (AvgIpc) is 2.91. The Bertz CT molecular complexity index is 767. The zero-order chi connectivity index (χ0) is 19.3. The van der Waals surface area contributed by atoms with E-state index in [2.05, 4.69) is 0 Å². The van der Waals surface area contributed by atoms with Gasteiger partial charge in [-0.05, 0) is 52.6 Å². The third-order valence-corrected chi connectivity index (χ3v) is 4.76. The van der Waals surface area contributed by atoms with E-state index >= 15 is 0 Å². The van der Waals surface area contributed by atoms with Crippen molar-refractivity contribution in [2.45, 2.75) is 38.5 Å². The van der Waals surface area contributed by atoms with Crippen molar-refractivity contribution >= 4 is 11.6 Å². The van der Waals surface area contributed by atoms with Crippen LogP contribution in [0.15, 0.2) is 23.8 Å². The predicted octanol–water partition coefficient (Wildman–Crippen LogP) is 3.77. The van der Waals surface area contributed by atoms with Crippen LogP contribution in [0.3, 0.4) is 0 Å². The fourth-order valence-electron chi connectivity index (χ4n) is 3.54. The lowest BCUT2D eigenvalue weighted by Crippen LogP contribution is -2.42. The van der Waals surface area contributed by atoms with Gasteiger partial charge in [0.2, 0.25) is 5.91 Å². The minimum Gasteiger partial charge on any atom is -0.483 e. The van der Waals surface area contributed by atoms with Gasteiger partial charge in [-0.2, -0.15) is 13.2 Å². The number of carbonyl (C=O) groups is 1. The van der Waals surface area contributed by atoms with Gasteiger partial charge in [0.25, 0.3) is 0 Å². The van der Waals surface area contributed by atoms with Gasteiger partial charge in [-0.3, -0.25) is 4.79 Å². The summed E-state index contributed by atoms with van der Waals surface area (Å²) in [6.45, 7) is 4.76. The molecular formula is C19H23F3N2O2. The first-order valence-corrected chi connectivity index (χ1v) is 8.60. The zero-order valence-corrected chi connectivity index (χ0v) is 15.4. The molecule has 0 aromatic heterocycles. The summed E-state index contributed by atoms with van der Waals surface area (Å²) in [4.78, 5) is 16.0. The maximum absolute atomic E-state index is 13.3. The van der Waals surface area contributed by atoms with Crippen LogP contribution in [0.4, 0.5) is 13.2 Å². The second kappa shape index (κ2) is 6.30. The molecule has 1 fully saturated rings. The molecule has 0 unspecified atom stereocenters. The quantitative estimate of drug-likeness (QED) is 0.814. The molecule has 0 bridgehead atoms. The number of rotatable bonds is 3. The largest absolute Gasteiger partial charge is 0.483 e. The van der Waals surface area contributed by atoms with Gasteiger partial charge < -0.3 is 14.5 Å². The van der Waals surface area contributed by atoms with Gasteiger partial charge in [0.15, 0.2) is 0 Å². The molecule has 7 heteroatoms. The topological polar surface area (TPSA) is 32.8 Å². The number of benzene rings is 1. The number of hydrogen-bond donors (Lipinski definition) is 0. The fourth-order valence-corrected chi connectivity index (χ4v) is 3.54. The number of fused-ring (bicyclic) bond motifs is 1. The van der Waals surface area contributed by atoms with Crippen molar-refractivity contribution in [2.24, 2.45) is 0 Å². The van der Waals surface area contributed by atoms with E-state index in [4.69, 9.17) is 4.74 Å². The molecule has 1 amide bonds. The second-order valence-electron chi connectivity index (χ2n) is 7.53. The fraction of sp³-hybridized carbons (Fsp3) is 0.526. The molecular weight excluding hydrogens is 345 g/mol. The Labute approximate surface area is 151 Å². The molecule has 3 rings (SSSR count). The maximum atomic E-state index is 13.3. The zero-order valence-electron chi connectivity index (χ0n) is 15.4. The van der Waals surface area contributed by atoms with E-state index in [1.54, 1.807) is 4.90 Å². The molecule has 26 heavy (non-hydrogen) atoms. The van der Waals surface area contributed by atoms with Crippen LogP contribution in [0.2, 0.25) is 0 Å². The van der Waals surface area contributed by atoms with Crippen LogP contribution in [0, 0.1) is 0 Å². The van der Waals surface area contributed by atoms with Gasteiger partial charge in [0.1, 0.15) is 11.4 Å². The number of likely N-dealkylation sites (N-methyl/N-ethyl adjacent to an activating group) is 1. The number of hydrogen-bond acceptors (Lipinski definition) is 3. The van der Waals surface area contributed by atoms with Crippen molar-refractivity contribution in [1.82, 2.24) is 9.80 Å². The maximum Gasteiger partial charge on any atom is 0.416 e. The molecule has 0 radical (unpaired) electrons. The van der Waals surface area contributed by atoms with Crippen LogP contribution in [0.1, 0.15) is 37.8 Å².